The molecule has 10 heteroatoms. The number of halogens is 2. The number of nitrogens with zero attached hydrogens (tertiary/aromatic N) is 3. The maximum Gasteiger partial charge on any atom is 0.407 e. The zero-order valence-electron chi connectivity index (χ0n) is 14.5. The fraction of sp³-hybridized carbons (Fsp3) is 0.353. The molecule has 0 spiro atoms. The van der Waals surface area contributed by atoms with Gasteiger partial charge in [-0.25, -0.2) is 14.8 Å². The van der Waals surface area contributed by atoms with Gasteiger partial charge in [-0.15, -0.1) is 0 Å². The van der Waals surface area contributed by atoms with Crippen LogP contribution in [0.5, 0.6) is 0 Å². The third-order valence-corrected chi connectivity index (χ3v) is 4.38. The Morgan fingerprint density at radius 2 is 2.26 bits per heavy atom. The van der Waals surface area contributed by atoms with E-state index in [1.165, 1.54) is 0 Å². The van der Waals surface area contributed by atoms with Crippen LogP contribution < -0.4 is 16.4 Å². The summed E-state index contributed by atoms with van der Waals surface area (Å²) in [5.74, 6) is 1.07. The Balaban J connectivity index is 1.35. The summed E-state index contributed by atoms with van der Waals surface area (Å²) < 4.78 is 7.10. The fourth-order valence-electron chi connectivity index (χ4n) is 2.64. The number of nitrogens with two attached hydrogens (primary N) is 1. The van der Waals surface area contributed by atoms with E-state index in [0.29, 0.717) is 42.7 Å². The van der Waals surface area contributed by atoms with E-state index in [-0.39, 0.29) is 0 Å². The van der Waals surface area contributed by atoms with Crippen LogP contribution in [-0.4, -0.2) is 33.7 Å². The molecule has 0 radical (unpaired) electrons. The first-order valence-corrected chi connectivity index (χ1v) is 9.29. The average molecular weight is 411 g/mol. The Morgan fingerprint density at radius 1 is 1.41 bits per heavy atom. The van der Waals surface area contributed by atoms with E-state index in [4.69, 9.17) is 33.7 Å². The van der Waals surface area contributed by atoms with Crippen molar-refractivity contribution >= 4 is 40.9 Å². The van der Waals surface area contributed by atoms with Gasteiger partial charge >= 0.3 is 6.09 Å². The van der Waals surface area contributed by atoms with Gasteiger partial charge in [0.25, 0.3) is 0 Å². The highest BCUT2D eigenvalue weighted by Crippen LogP contribution is 2.22. The maximum atomic E-state index is 11.7. The van der Waals surface area contributed by atoms with Crippen molar-refractivity contribution in [2.45, 2.75) is 31.6 Å². The molecule has 144 valence electrons. The third kappa shape index (κ3) is 5.27. The summed E-state index contributed by atoms with van der Waals surface area (Å²) in [4.78, 5) is 20.0. The number of amides is 1. The predicted molar refractivity (Wildman–Crippen MR) is 105 cm³/mol. The van der Waals surface area contributed by atoms with Crippen molar-refractivity contribution in [3.8, 4) is 0 Å². The number of rotatable bonds is 7. The van der Waals surface area contributed by atoms with Gasteiger partial charge in [0.2, 0.25) is 0 Å². The van der Waals surface area contributed by atoms with Crippen LogP contribution in [0.2, 0.25) is 5.02 Å². The molecule has 0 bridgehead atoms. The van der Waals surface area contributed by atoms with E-state index in [9.17, 15) is 4.79 Å². The summed E-state index contributed by atoms with van der Waals surface area (Å²) in [5.41, 5.74) is 6.73. The number of anilines is 1. The van der Waals surface area contributed by atoms with Crippen LogP contribution in [0.4, 0.5) is 10.6 Å². The number of aryl methyl sites for hydroxylation is 1. The number of fused-ring (bicyclic) bond motifs is 1. The molecule has 1 aromatic carbocycles. The van der Waals surface area contributed by atoms with Crippen LogP contribution in [0.3, 0.4) is 0 Å². The largest absolute Gasteiger partial charge is 0.450 e. The molecule has 27 heavy (non-hydrogen) atoms. The number of carbonyl (C=O) groups excluding carboxylic acids is 1. The van der Waals surface area contributed by atoms with Gasteiger partial charge in [0.15, 0.2) is 11.5 Å². The second-order valence-corrected chi connectivity index (χ2v) is 6.81. The Hall–Kier alpha value is -2.45. The number of hydrogen-bond acceptors (Lipinski definition) is 6. The number of aliphatic imine (C=N–C) groups is 1. The SMILES string of the molecule is NC1=NC(Cl)Nc2c1ncn2CCCCOC(=O)NCc1cccc(Cl)c1. The highest BCUT2D eigenvalue weighted by Gasteiger charge is 2.21. The van der Waals surface area contributed by atoms with Crippen molar-refractivity contribution in [3.05, 3.63) is 46.9 Å². The van der Waals surface area contributed by atoms with Gasteiger partial charge in [-0.05, 0) is 30.5 Å². The predicted octanol–water partition coefficient (Wildman–Crippen LogP) is 2.90. The molecule has 1 unspecified atom stereocenters. The highest BCUT2D eigenvalue weighted by molar-refractivity contribution is 6.30. The Kier molecular flexibility index (Phi) is 6.41. The number of carbonyl (C=O) groups is 1. The lowest BCUT2D eigenvalue weighted by molar-refractivity contribution is 0.143. The molecule has 8 nitrogen and oxygen atoms in total. The number of amidine groups is 1. The molecule has 0 saturated carbocycles. The van der Waals surface area contributed by atoms with Gasteiger partial charge < -0.3 is 25.7 Å². The topological polar surface area (TPSA) is 107 Å². The molecule has 4 N–H and O–H groups in total. The smallest absolute Gasteiger partial charge is 0.407 e. The highest BCUT2D eigenvalue weighted by atomic mass is 35.5. The molecular weight excluding hydrogens is 391 g/mol. The Bertz CT molecular complexity index is 839. The number of alkyl halides is 1. The number of alkyl carbamates (subject to hydrolysis) is 1. The summed E-state index contributed by atoms with van der Waals surface area (Å²) in [6.07, 6.45) is 2.75. The van der Waals surface area contributed by atoms with Crippen LogP contribution >= 0.6 is 23.2 Å². The standard InChI is InChI=1S/C17H20Cl2N6O2/c18-12-5-3-4-11(8-12)9-21-17(26)27-7-2-1-6-25-10-22-13-14(20)23-16(19)24-15(13)25/h3-5,8,10,16,24H,1-2,6-7,9H2,(H2,20,23)(H,21,26). The first-order valence-electron chi connectivity index (χ1n) is 8.47. The van der Waals surface area contributed by atoms with Crippen LogP contribution in [0.1, 0.15) is 24.1 Å². The van der Waals surface area contributed by atoms with Crippen molar-refractivity contribution in [1.82, 2.24) is 14.9 Å². The molecule has 2 aromatic rings. The minimum atomic E-state index is -0.598. The van der Waals surface area contributed by atoms with Crippen molar-refractivity contribution in [1.29, 1.82) is 0 Å². The lowest BCUT2D eigenvalue weighted by Crippen LogP contribution is -2.27. The minimum Gasteiger partial charge on any atom is -0.450 e. The van der Waals surface area contributed by atoms with Crippen LogP contribution in [-0.2, 0) is 17.8 Å². The second kappa shape index (κ2) is 8.96. The van der Waals surface area contributed by atoms with Crippen molar-refractivity contribution in [3.63, 3.8) is 0 Å². The summed E-state index contributed by atoms with van der Waals surface area (Å²) in [6.45, 7) is 1.39. The molecule has 0 fully saturated rings. The van der Waals surface area contributed by atoms with Gasteiger partial charge in [0.05, 0.1) is 12.9 Å². The minimum absolute atomic E-state index is 0.321. The molecule has 1 aliphatic heterocycles. The average Bonchev–Trinajstić information content (AvgIpc) is 3.03. The number of imidazole rings is 1. The van der Waals surface area contributed by atoms with Crippen LogP contribution in [0.25, 0.3) is 0 Å². The fourth-order valence-corrected chi connectivity index (χ4v) is 3.06. The monoisotopic (exact) mass is 410 g/mol. The van der Waals surface area contributed by atoms with Crippen molar-refractivity contribution in [2.75, 3.05) is 11.9 Å². The van der Waals surface area contributed by atoms with Crippen LogP contribution in [0, 0.1) is 0 Å². The molecule has 0 aliphatic carbocycles. The number of ether oxygens (including phenoxy) is 1. The van der Waals surface area contributed by atoms with E-state index in [0.717, 1.165) is 17.8 Å². The second-order valence-electron chi connectivity index (χ2n) is 5.96. The molecular formula is C17H20Cl2N6O2. The van der Waals surface area contributed by atoms with E-state index < -0.39 is 11.7 Å². The van der Waals surface area contributed by atoms with E-state index >= 15 is 0 Å². The summed E-state index contributed by atoms with van der Waals surface area (Å²) in [6, 6.07) is 7.30. The first kappa shape index (κ1) is 19.3. The summed E-state index contributed by atoms with van der Waals surface area (Å²) in [7, 11) is 0. The van der Waals surface area contributed by atoms with Gasteiger partial charge in [-0.1, -0.05) is 35.3 Å². The third-order valence-electron chi connectivity index (χ3n) is 3.94. The van der Waals surface area contributed by atoms with Gasteiger partial charge in [-0.2, -0.15) is 0 Å². The maximum absolute atomic E-state index is 11.7. The number of aromatic nitrogens is 2. The zero-order chi connectivity index (χ0) is 19.2. The lowest BCUT2D eigenvalue weighted by Gasteiger charge is -2.18. The molecule has 1 atom stereocenters. The lowest BCUT2D eigenvalue weighted by atomic mass is 10.2. The van der Waals surface area contributed by atoms with Crippen molar-refractivity contribution < 1.29 is 9.53 Å². The molecule has 1 aromatic heterocycles. The van der Waals surface area contributed by atoms with E-state index in [1.54, 1.807) is 18.5 Å². The quantitative estimate of drug-likeness (QED) is 0.369. The van der Waals surface area contributed by atoms with E-state index in [1.807, 2.05) is 16.7 Å². The number of benzene rings is 1. The van der Waals surface area contributed by atoms with Gasteiger partial charge in [-0.3, -0.25) is 0 Å². The number of hydrogen-bond donors (Lipinski definition) is 3. The Labute approximate surface area is 166 Å². The van der Waals surface area contributed by atoms with E-state index in [2.05, 4.69) is 20.6 Å². The molecule has 3 rings (SSSR count). The number of nitrogens with one attached hydrogen (secondary N) is 2. The first-order chi connectivity index (χ1) is 13.0. The van der Waals surface area contributed by atoms with Crippen LogP contribution in [0.15, 0.2) is 35.6 Å². The summed E-state index contributed by atoms with van der Waals surface area (Å²) >= 11 is 11.9. The Morgan fingerprint density at radius 3 is 3.07 bits per heavy atom. The molecule has 1 amide bonds. The van der Waals surface area contributed by atoms with Crippen molar-refractivity contribution in [2.24, 2.45) is 10.7 Å². The molecule has 2 heterocycles. The van der Waals surface area contributed by atoms with Gasteiger partial charge in [0.1, 0.15) is 11.5 Å². The number of unbranched alkanes of at least 4 members (excludes halogenated alkanes) is 1. The molecule has 1 aliphatic rings. The zero-order valence-corrected chi connectivity index (χ0v) is 16.0. The molecule has 0 saturated heterocycles. The normalized spacial score (nSPS) is 15.5. The summed E-state index contributed by atoms with van der Waals surface area (Å²) in [5, 5.41) is 6.35. The van der Waals surface area contributed by atoms with Gasteiger partial charge in [0, 0.05) is 18.1 Å².